The molecule has 4 nitrogen and oxygen atoms in total. The number of carboxylic acids is 1. The highest BCUT2D eigenvalue weighted by atomic mass is 16.4. The topological polar surface area (TPSA) is 53.7 Å². The van der Waals surface area contributed by atoms with Gasteiger partial charge in [-0.15, -0.1) is 0 Å². The molecule has 0 amide bonds. The Morgan fingerprint density at radius 2 is 1.81 bits per heavy atom. The van der Waals surface area contributed by atoms with Gasteiger partial charge in [0.2, 0.25) is 5.76 Å². The molecule has 4 heteroatoms. The summed E-state index contributed by atoms with van der Waals surface area (Å²) in [5, 5.41) is 10.2. The van der Waals surface area contributed by atoms with E-state index in [2.05, 4.69) is 32.6 Å². The molecule has 0 aliphatic heterocycles. The fourth-order valence-corrected chi connectivity index (χ4v) is 2.72. The van der Waals surface area contributed by atoms with Crippen molar-refractivity contribution in [3.8, 4) is 0 Å². The monoisotopic (exact) mass is 289 g/mol. The lowest BCUT2D eigenvalue weighted by molar-refractivity contribution is 0.0664. The zero-order chi connectivity index (χ0) is 15.7. The molecule has 1 heterocycles. The van der Waals surface area contributed by atoms with E-state index < -0.39 is 5.97 Å². The van der Waals surface area contributed by atoms with Crippen LogP contribution in [0.1, 0.15) is 46.7 Å². The maximum atomic E-state index is 11.3. The Labute approximate surface area is 125 Å². The van der Waals surface area contributed by atoms with E-state index in [0.29, 0.717) is 5.56 Å². The third-order valence-corrected chi connectivity index (χ3v) is 4.34. The average molecular weight is 289 g/mol. The Hall–Kier alpha value is -1.81. The summed E-state index contributed by atoms with van der Waals surface area (Å²) in [5.74, 6) is -0.955. The minimum absolute atomic E-state index is 0.0517. The maximum Gasteiger partial charge on any atom is 0.372 e. The molecule has 0 saturated carbocycles. The molecule has 0 aliphatic carbocycles. The fraction of sp³-hybridized carbons (Fsp3) is 0.471. The van der Waals surface area contributed by atoms with Crippen LogP contribution in [-0.2, 0) is 6.54 Å². The smallest absolute Gasteiger partial charge is 0.372 e. The van der Waals surface area contributed by atoms with Crippen molar-refractivity contribution in [2.24, 2.45) is 0 Å². The van der Waals surface area contributed by atoms with E-state index in [9.17, 15) is 9.90 Å². The molecule has 0 bridgehead atoms. The van der Waals surface area contributed by atoms with Gasteiger partial charge in [0.15, 0.2) is 0 Å². The first-order valence-corrected chi connectivity index (χ1v) is 7.38. The lowest BCUT2D eigenvalue weighted by atomic mass is 9.98. The minimum atomic E-state index is -1.01. The van der Waals surface area contributed by atoms with Gasteiger partial charge in [-0.25, -0.2) is 4.79 Å². The predicted octanol–water partition coefficient (Wildman–Crippen LogP) is 3.90. The highest BCUT2D eigenvalue weighted by Gasteiger charge is 2.21. The summed E-state index contributed by atoms with van der Waals surface area (Å²) in [6, 6.07) is 2.03. The Morgan fingerprint density at radius 1 is 1.19 bits per heavy atom. The first-order valence-electron chi connectivity index (χ1n) is 7.38. The molecule has 0 unspecified atom stereocenters. The van der Waals surface area contributed by atoms with Gasteiger partial charge in [0.1, 0.15) is 5.58 Å². The van der Waals surface area contributed by atoms with Crippen LogP contribution in [0.2, 0.25) is 0 Å². The molecule has 0 spiro atoms. The molecule has 0 atom stereocenters. The largest absolute Gasteiger partial charge is 0.475 e. The lowest BCUT2D eigenvalue weighted by Crippen LogP contribution is -2.22. The van der Waals surface area contributed by atoms with Crippen LogP contribution in [0.3, 0.4) is 0 Å². The highest BCUT2D eigenvalue weighted by Crippen LogP contribution is 2.32. The van der Waals surface area contributed by atoms with Gasteiger partial charge in [-0.2, -0.15) is 0 Å². The van der Waals surface area contributed by atoms with E-state index in [4.69, 9.17) is 4.42 Å². The highest BCUT2D eigenvalue weighted by molar-refractivity contribution is 5.96. The minimum Gasteiger partial charge on any atom is -0.475 e. The molecule has 0 radical (unpaired) electrons. The van der Waals surface area contributed by atoms with Gasteiger partial charge in [0.05, 0.1) is 0 Å². The molecule has 1 N–H and O–H groups in total. The standard InChI is InChI=1S/C17H23NO3/c1-6-18(7-2)9-14-11(4)10(3)8-13-12(5)15(17(19)20)21-16(13)14/h8H,6-7,9H2,1-5H3,(H,19,20). The average Bonchev–Trinajstić information content (AvgIpc) is 2.77. The number of hydrogen-bond acceptors (Lipinski definition) is 3. The van der Waals surface area contributed by atoms with Crippen LogP contribution in [0.4, 0.5) is 0 Å². The van der Waals surface area contributed by atoms with Gasteiger partial charge < -0.3 is 9.52 Å². The normalized spacial score (nSPS) is 11.5. The van der Waals surface area contributed by atoms with E-state index in [1.165, 1.54) is 11.1 Å². The summed E-state index contributed by atoms with van der Waals surface area (Å²) in [6.07, 6.45) is 0. The molecule has 0 aliphatic rings. The number of fused-ring (bicyclic) bond motifs is 1. The van der Waals surface area contributed by atoms with Gasteiger partial charge in [0.25, 0.3) is 0 Å². The zero-order valence-corrected chi connectivity index (χ0v) is 13.4. The second-order valence-corrected chi connectivity index (χ2v) is 5.50. The van der Waals surface area contributed by atoms with E-state index >= 15 is 0 Å². The summed E-state index contributed by atoms with van der Waals surface area (Å²) in [4.78, 5) is 13.6. The SMILES string of the molecule is CCN(CC)Cc1c(C)c(C)cc2c(C)c(C(=O)O)oc12. The van der Waals surface area contributed by atoms with Gasteiger partial charge in [-0.05, 0) is 51.1 Å². The van der Waals surface area contributed by atoms with Crippen molar-refractivity contribution in [3.05, 3.63) is 34.1 Å². The second kappa shape index (κ2) is 5.90. The van der Waals surface area contributed by atoms with Crippen molar-refractivity contribution in [3.63, 3.8) is 0 Å². The molecule has 0 saturated heterocycles. The Morgan fingerprint density at radius 3 is 2.33 bits per heavy atom. The van der Waals surface area contributed by atoms with Crippen molar-refractivity contribution in [1.29, 1.82) is 0 Å². The molecule has 0 fully saturated rings. The second-order valence-electron chi connectivity index (χ2n) is 5.50. The van der Waals surface area contributed by atoms with Gasteiger partial charge in [0, 0.05) is 23.1 Å². The Kier molecular flexibility index (Phi) is 4.37. The van der Waals surface area contributed by atoms with Crippen LogP contribution >= 0.6 is 0 Å². The fourth-order valence-electron chi connectivity index (χ4n) is 2.72. The Bertz CT molecular complexity index is 681. The van der Waals surface area contributed by atoms with E-state index in [1.54, 1.807) is 0 Å². The zero-order valence-electron chi connectivity index (χ0n) is 13.4. The first kappa shape index (κ1) is 15.6. The van der Waals surface area contributed by atoms with Gasteiger partial charge in [-0.3, -0.25) is 4.90 Å². The molecule has 1 aromatic heterocycles. The van der Waals surface area contributed by atoms with E-state index in [-0.39, 0.29) is 5.76 Å². The number of benzene rings is 1. The van der Waals surface area contributed by atoms with E-state index in [0.717, 1.165) is 36.2 Å². The van der Waals surface area contributed by atoms with Crippen molar-refractivity contribution >= 4 is 16.9 Å². The molecule has 114 valence electrons. The molecule has 21 heavy (non-hydrogen) atoms. The summed E-state index contributed by atoms with van der Waals surface area (Å²) < 4.78 is 5.69. The molecular formula is C17H23NO3. The number of hydrogen-bond donors (Lipinski definition) is 1. The first-order chi connectivity index (χ1) is 9.90. The van der Waals surface area contributed by atoms with Gasteiger partial charge in [-0.1, -0.05) is 13.8 Å². The number of aromatic carboxylic acids is 1. The number of nitrogens with zero attached hydrogens (tertiary/aromatic N) is 1. The van der Waals surface area contributed by atoms with Crippen LogP contribution in [0.25, 0.3) is 11.0 Å². The molecule has 2 aromatic rings. The summed E-state index contributed by atoms with van der Waals surface area (Å²) in [6.45, 7) is 12.9. The number of carbonyl (C=O) groups is 1. The quantitative estimate of drug-likeness (QED) is 0.907. The predicted molar refractivity (Wildman–Crippen MR) is 84.0 cm³/mol. The number of furan rings is 1. The van der Waals surface area contributed by atoms with Crippen LogP contribution in [-0.4, -0.2) is 29.1 Å². The summed E-state index contributed by atoms with van der Waals surface area (Å²) >= 11 is 0. The van der Waals surface area contributed by atoms with Crippen LogP contribution in [0, 0.1) is 20.8 Å². The molecule has 2 rings (SSSR count). The van der Waals surface area contributed by atoms with Crippen molar-refractivity contribution in [2.45, 2.75) is 41.2 Å². The molecular weight excluding hydrogens is 266 g/mol. The van der Waals surface area contributed by atoms with Crippen LogP contribution in [0.5, 0.6) is 0 Å². The number of rotatable bonds is 5. The van der Waals surface area contributed by atoms with Crippen molar-refractivity contribution in [2.75, 3.05) is 13.1 Å². The maximum absolute atomic E-state index is 11.3. The van der Waals surface area contributed by atoms with Gasteiger partial charge >= 0.3 is 5.97 Å². The van der Waals surface area contributed by atoms with Crippen molar-refractivity contribution in [1.82, 2.24) is 4.90 Å². The number of aryl methyl sites for hydroxylation is 2. The third-order valence-electron chi connectivity index (χ3n) is 4.34. The summed E-state index contributed by atoms with van der Waals surface area (Å²) in [5.41, 5.74) is 4.89. The van der Waals surface area contributed by atoms with Crippen LogP contribution in [0.15, 0.2) is 10.5 Å². The van der Waals surface area contributed by atoms with E-state index in [1.807, 2.05) is 13.0 Å². The van der Waals surface area contributed by atoms with Crippen LogP contribution < -0.4 is 0 Å². The molecule has 1 aromatic carbocycles. The third kappa shape index (κ3) is 2.68. The summed E-state index contributed by atoms with van der Waals surface area (Å²) in [7, 11) is 0. The Balaban J connectivity index is 2.69. The number of carboxylic acid groups (broad SMARTS) is 1. The van der Waals surface area contributed by atoms with Crippen molar-refractivity contribution < 1.29 is 14.3 Å². The lowest BCUT2D eigenvalue weighted by Gasteiger charge is -2.20.